The van der Waals surface area contributed by atoms with E-state index in [1.807, 2.05) is 4.57 Å². The van der Waals surface area contributed by atoms with E-state index in [-0.39, 0.29) is 11.2 Å². The second-order valence-electron chi connectivity index (χ2n) is 4.32. The monoisotopic (exact) mass is 224 g/mol. The van der Waals surface area contributed by atoms with Crippen molar-refractivity contribution in [3.63, 3.8) is 0 Å². The molecular weight excluding hydrogens is 204 g/mol. The minimum Gasteiger partial charge on any atom is -0.503 e. The number of unbranched alkanes of at least 4 members (excludes halogenated alkanes) is 1. The quantitative estimate of drug-likeness (QED) is 0.764. The van der Waals surface area contributed by atoms with Gasteiger partial charge in [0.1, 0.15) is 0 Å². The van der Waals surface area contributed by atoms with E-state index < -0.39 is 0 Å². The molecule has 4 nitrogen and oxygen atoms in total. The molecule has 16 heavy (non-hydrogen) atoms. The Labute approximate surface area is 96.1 Å². The van der Waals surface area contributed by atoms with Crippen LogP contribution in [0.4, 0.5) is 0 Å². The van der Waals surface area contributed by atoms with Crippen LogP contribution in [0.15, 0.2) is 17.1 Å². The molecule has 0 spiro atoms. The third-order valence-corrected chi connectivity index (χ3v) is 2.67. The Hall–Kier alpha value is -1.29. The van der Waals surface area contributed by atoms with Crippen molar-refractivity contribution in [3.8, 4) is 5.75 Å². The first kappa shape index (κ1) is 12.8. The highest BCUT2D eigenvalue weighted by Crippen LogP contribution is 2.10. The van der Waals surface area contributed by atoms with Crippen LogP contribution in [0.5, 0.6) is 5.75 Å². The van der Waals surface area contributed by atoms with Gasteiger partial charge in [0.15, 0.2) is 5.75 Å². The van der Waals surface area contributed by atoms with Gasteiger partial charge in [-0.1, -0.05) is 0 Å². The van der Waals surface area contributed by atoms with Gasteiger partial charge in [-0.3, -0.25) is 4.79 Å². The lowest BCUT2D eigenvalue weighted by Crippen LogP contribution is -2.14. The fourth-order valence-electron chi connectivity index (χ4n) is 1.62. The molecule has 4 heteroatoms. The zero-order valence-corrected chi connectivity index (χ0v) is 10.2. The van der Waals surface area contributed by atoms with E-state index in [0.717, 1.165) is 25.9 Å². The molecule has 1 aromatic rings. The normalized spacial score (nSPS) is 11.0. The molecule has 1 N–H and O–H groups in total. The van der Waals surface area contributed by atoms with Crippen molar-refractivity contribution in [1.29, 1.82) is 0 Å². The van der Waals surface area contributed by atoms with E-state index in [4.69, 9.17) is 0 Å². The zero-order valence-electron chi connectivity index (χ0n) is 10.2. The van der Waals surface area contributed by atoms with Crippen molar-refractivity contribution >= 4 is 0 Å². The van der Waals surface area contributed by atoms with Gasteiger partial charge in [0.2, 0.25) is 5.43 Å². The Morgan fingerprint density at radius 3 is 2.69 bits per heavy atom. The molecule has 0 fully saturated rings. The average Bonchev–Trinajstić information content (AvgIpc) is 2.23. The second-order valence-corrected chi connectivity index (χ2v) is 4.32. The largest absolute Gasteiger partial charge is 0.503 e. The van der Waals surface area contributed by atoms with Crippen LogP contribution in [-0.4, -0.2) is 35.2 Å². The molecule has 1 aromatic heterocycles. The summed E-state index contributed by atoms with van der Waals surface area (Å²) in [5.41, 5.74) is 0.347. The van der Waals surface area contributed by atoms with Crippen molar-refractivity contribution < 1.29 is 5.11 Å². The summed E-state index contributed by atoms with van der Waals surface area (Å²) in [5, 5.41) is 9.49. The highest BCUT2D eigenvalue weighted by atomic mass is 16.3. The fraction of sp³-hybridized carbons (Fsp3) is 0.583. The number of pyridine rings is 1. The highest BCUT2D eigenvalue weighted by Gasteiger charge is 2.04. The Morgan fingerprint density at radius 2 is 2.06 bits per heavy atom. The number of rotatable bonds is 5. The lowest BCUT2D eigenvalue weighted by Gasteiger charge is -2.12. The number of aryl methyl sites for hydroxylation is 1. The predicted molar refractivity (Wildman–Crippen MR) is 64.9 cm³/mol. The summed E-state index contributed by atoms with van der Waals surface area (Å²) in [6.45, 7) is 3.67. The molecule has 0 aliphatic heterocycles. The third-order valence-electron chi connectivity index (χ3n) is 2.67. The van der Waals surface area contributed by atoms with Crippen LogP contribution in [0, 0.1) is 6.92 Å². The van der Waals surface area contributed by atoms with Gasteiger partial charge in [0.05, 0.1) is 5.69 Å². The number of hydrogen-bond acceptors (Lipinski definition) is 3. The van der Waals surface area contributed by atoms with Crippen molar-refractivity contribution in [2.75, 3.05) is 20.6 Å². The first-order valence-electron chi connectivity index (χ1n) is 5.56. The summed E-state index contributed by atoms with van der Waals surface area (Å²) in [6, 6.07) is 1.41. The summed E-state index contributed by atoms with van der Waals surface area (Å²) in [7, 11) is 4.10. The molecule has 0 saturated carbocycles. The van der Waals surface area contributed by atoms with E-state index in [1.165, 1.54) is 6.07 Å². The van der Waals surface area contributed by atoms with Gasteiger partial charge in [-0.25, -0.2) is 0 Å². The van der Waals surface area contributed by atoms with Crippen LogP contribution >= 0.6 is 0 Å². The Balaban J connectivity index is 2.55. The summed E-state index contributed by atoms with van der Waals surface area (Å²) in [6.07, 6.45) is 3.90. The van der Waals surface area contributed by atoms with Gasteiger partial charge in [-0.15, -0.1) is 0 Å². The van der Waals surface area contributed by atoms with Crippen LogP contribution in [-0.2, 0) is 6.54 Å². The molecule has 0 atom stereocenters. The molecule has 90 valence electrons. The molecule has 0 bridgehead atoms. The average molecular weight is 224 g/mol. The maximum Gasteiger partial charge on any atom is 0.223 e. The topological polar surface area (TPSA) is 45.5 Å². The maximum absolute atomic E-state index is 11.1. The van der Waals surface area contributed by atoms with E-state index in [2.05, 4.69) is 19.0 Å². The maximum atomic E-state index is 11.1. The molecule has 1 heterocycles. The predicted octanol–water partition coefficient (Wildman–Crippen LogP) is 1.20. The summed E-state index contributed by atoms with van der Waals surface area (Å²) < 4.78 is 1.92. The van der Waals surface area contributed by atoms with Gasteiger partial charge in [0, 0.05) is 18.8 Å². The van der Waals surface area contributed by atoms with Gasteiger partial charge < -0.3 is 14.6 Å². The van der Waals surface area contributed by atoms with Crippen LogP contribution in [0.25, 0.3) is 0 Å². The number of aromatic hydroxyl groups is 1. The number of nitrogens with zero attached hydrogens (tertiary/aromatic N) is 2. The fourth-order valence-corrected chi connectivity index (χ4v) is 1.62. The zero-order chi connectivity index (χ0) is 12.1. The molecule has 0 amide bonds. The smallest absolute Gasteiger partial charge is 0.223 e. The lowest BCUT2D eigenvalue weighted by molar-refractivity contribution is 0.385. The van der Waals surface area contributed by atoms with Crippen LogP contribution in [0.3, 0.4) is 0 Å². The van der Waals surface area contributed by atoms with E-state index in [9.17, 15) is 9.90 Å². The number of hydrogen-bond donors (Lipinski definition) is 1. The molecule has 0 unspecified atom stereocenters. The minimum atomic E-state index is -0.304. The minimum absolute atomic E-state index is 0.130. The second kappa shape index (κ2) is 5.70. The molecule has 0 saturated heterocycles. The first-order chi connectivity index (χ1) is 7.52. The third kappa shape index (κ3) is 3.38. The Bertz CT molecular complexity index is 396. The lowest BCUT2D eigenvalue weighted by atomic mass is 10.2. The van der Waals surface area contributed by atoms with Crippen molar-refractivity contribution in [1.82, 2.24) is 9.47 Å². The SMILES string of the molecule is Cc1c(O)c(=O)ccn1CCCCN(C)C. The molecule has 0 aliphatic rings. The number of aromatic nitrogens is 1. The van der Waals surface area contributed by atoms with Crippen LogP contribution < -0.4 is 5.43 Å². The molecule has 1 rings (SSSR count). The van der Waals surface area contributed by atoms with Crippen LogP contribution in [0.2, 0.25) is 0 Å². The van der Waals surface area contributed by atoms with Gasteiger partial charge in [-0.2, -0.15) is 0 Å². The molecule has 0 radical (unpaired) electrons. The van der Waals surface area contributed by atoms with E-state index >= 15 is 0 Å². The van der Waals surface area contributed by atoms with Crippen LogP contribution in [0.1, 0.15) is 18.5 Å². The molecule has 0 aromatic carbocycles. The van der Waals surface area contributed by atoms with Crippen molar-refractivity contribution in [2.45, 2.75) is 26.3 Å². The van der Waals surface area contributed by atoms with Gasteiger partial charge in [-0.05, 0) is 40.4 Å². The Morgan fingerprint density at radius 1 is 1.38 bits per heavy atom. The summed E-state index contributed by atoms with van der Waals surface area (Å²) >= 11 is 0. The van der Waals surface area contributed by atoms with Gasteiger partial charge in [0.25, 0.3) is 0 Å². The van der Waals surface area contributed by atoms with Crippen molar-refractivity contribution in [2.24, 2.45) is 0 Å². The van der Waals surface area contributed by atoms with E-state index in [0.29, 0.717) is 5.69 Å². The molecule has 0 aliphatic carbocycles. The first-order valence-corrected chi connectivity index (χ1v) is 5.56. The van der Waals surface area contributed by atoms with Crippen molar-refractivity contribution in [3.05, 3.63) is 28.2 Å². The Kier molecular flexibility index (Phi) is 4.55. The summed E-state index contributed by atoms with van der Waals surface area (Å²) in [5.74, 6) is -0.130. The summed E-state index contributed by atoms with van der Waals surface area (Å²) in [4.78, 5) is 13.3. The standard InChI is InChI=1S/C12H20N2O2/c1-10-12(16)11(15)6-9-14(10)8-5-4-7-13(2)3/h6,9,16H,4-5,7-8H2,1-3H3. The highest BCUT2D eigenvalue weighted by molar-refractivity contribution is 5.25. The van der Waals surface area contributed by atoms with Gasteiger partial charge >= 0.3 is 0 Å². The molecular formula is C12H20N2O2. The van der Waals surface area contributed by atoms with E-state index in [1.54, 1.807) is 13.1 Å².